The van der Waals surface area contributed by atoms with E-state index in [0.29, 0.717) is 22.2 Å². The second kappa shape index (κ2) is 8.42. The number of nitrogens with one attached hydrogen (secondary N) is 2. The maximum atomic E-state index is 13.8. The molecule has 2 N–H and O–H groups in total. The van der Waals surface area contributed by atoms with Crippen molar-refractivity contribution in [2.75, 3.05) is 5.32 Å². The van der Waals surface area contributed by atoms with Crippen molar-refractivity contribution in [3.63, 3.8) is 0 Å². The van der Waals surface area contributed by atoms with Gasteiger partial charge in [0, 0.05) is 31.9 Å². The fourth-order valence-electron chi connectivity index (χ4n) is 3.55. The van der Waals surface area contributed by atoms with Crippen molar-refractivity contribution in [3.05, 3.63) is 97.5 Å². The zero-order chi connectivity index (χ0) is 24.1. The first-order valence-corrected chi connectivity index (χ1v) is 10.4. The Bertz CT molecular complexity index is 1310. The summed E-state index contributed by atoms with van der Waals surface area (Å²) in [5, 5.41) is 5.15. The number of alkyl halides is 3. The number of benzene rings is 3. The summed E-state index contributed by atoms with van der Waals surface area (Å²) in [6.45, 7) is 0. The van der Waals surface area contributed by atoms with Gasteiger partial charge in [0.05, 0.1) is 11.6 Å². The standard InChI is InChI=1S/C22H11BrClF5N2O2/c23-11-6-15-18(19(31-21(15)33)14-2-1-12(25)8-16(14)24)17(7-11)30-20(32)9-3-10(22(27,28)29)5-13(26)4-9/h1-8,19H,(H,30,32)(H,31,33)/t19-/m1/s1. The molecule has 0 fully saturated rings. The third kappa shape index (κ3) is 4.58. The van der Waals surface area contributed by atoms with Crippen LogP contribution < -0.4 is 10.6 Å². The Kier molecular flexibility index (Phi) is 5.92. The Morgan fingerprint density at radius 3 is 2.42 bits per heavy atom. The highest BCUT2D eigenvalue weighted by Crippen LogP contribution is 2.41. The summed E-state index contributed by atoms with van der Waals surface area (Å²) < 4.78 is 66.8. The van der Waals surface area contributed by atoms with Gasteiger partial charge in [-0.15, -0.1) is 0 Å². The van der Waals surface area contributed by atoms with Crippen molar-refractivity contribution in [1.82, 2.24) is 5.32 Å². The summed E-state index contributed by atoms with van der Waals surface area (Å²) in [5.74, 6) is -3.35. The number of rotatable bonds is 3. The van der Waals surface area contributed by atoms with Gasteiger partial charge >= 0.3 is 6.18 Å². The number of fused-ring (bicyclic) bond motifs is 1. The van der Waals surface area contributed by atoms with Crippen molar-refractivity contribution in [2.45, 2.75) is 12.2 Å². The lowest BCUT2D eigenvalue weighted by molar-refractivity contribution is -0.137. The molecule has 1 heterocycles. The van der Waals surface area contributed by atoms with E-state index >= 15 is 0 Å². The number of halogens is 7. The molecule has 0 spiro atoms. The van der Waals surface area contributed by atoms with E-state index in [1.54, 1.807) is 0 Å². The number of anilines is 1. The molecule has 0 unspecified atom stereocenters. The predicted octanol–water partition coefficient (Wildman–Crippen LogP) is 6.48. The van der Waals surface area contributed by atoms with E-state index in [1.165, 1.54) is 18.2 Å². The van der Waals surface area contributed by atoms with E-state index in [0.717, 1.165) is 12.1 Å². The van der Waals surface area contributed by atoms with E-state index < -0.39 is 46.8 Å². The average molecular weight is 546 g/mol. The van der Waals surface area contributed by atoms with Gasteiger partial charge in [0.1, 0.15) is 11.6 Å². The van der Waals surface area contributed by atoms with Crippen LogP contribution in [0.15, 0.2) is 53.0 Å². The molecule has 1 aliphatic rings. The predicted molar refractivity (Wildman–Crippen MR) is 114 cm³/mol. The van der Waals surface area contributed by atoms with Crippen LogP contribution in [0.4, 0.5) is 27.6 Å². The largest absolute Gasteiger partial charge is 0.416 e. The lowest BCUT2D eigenvalue weighted by Gasteiger charge is -2.18. The molecule has 0 aliphatic carbocycles. The molecule has 3 aromatic carbocycles. The molecule has 170 valence electrons. The molecule has 2 amide bonds. The molecule has 4 nitrogen and oxygen atoms in total. The average Bonchev–Trinajstić information content (AvgIpc) is 3.03. The minimum atomic E-state index is -4.85. The molecule has 1 atom stereocenters. The Morgan fingerprint density at radius 1 is 1.03 bits per heavy atom. The van der Waals surface area contributed by atoms with E-state index in [2.05, 4.69) is 26.6 Å². The third-order valence-electron chi connectivity index (χ3n) is 4.96. The molecule has 33 heavy (non-hydrogen) atoms. The van der Waals surface area contributed by atoms with Gasteiger partial charge in [0.25, 0.3) is 11.8 Å². The van der Waals surface area contributed by atoms with Gasteiger partial charge in [0.15, 0.2) is 0 Å². The summed E-state index contributed by atoms with van der Waals surface area (Å²) in [6.07, 6.45) is -4.85. The molecule has 0 bridgehead atoms. The van der Waals surface area contributed by atoms with Gasteiger partial charge < -0.3 is 10.6 Å². The highest BCUT2D eigenvalue weighted by atomic mass is 79.9. The van der Waals surface area contributed by atoms with Gasteiger partial charge in [-0.1, -0.05) is 33.6 Å². The van der Waals surface area contributed by atoms with Gasteiger partial charge in [-0.3, -0.25) is 9.59 Å². The quantitative estimate of drug-likeness (QED) is 0.370. The number of hydrogen-bond donors (Lipinski definition) is 2. The molecule has 1 aliphatic heterocycles. The monoisotopic (exact) mass is 544 g/mol. The highest BCUT2D eigenvalue weighted by Gasteiger charge is 2.35. The summed E-state index contributed by atoms with van der Waals surface area (Å²) in [4.78, 5) is 25.3. The first kappa shape index (κ1) is 23.2. The fourth-order valence-corrected chi connectivity index (χ4v) is 4.28. The molecule has 0 saturated carbocycles. The van der Waals surface area contributed by atoms with Gasteiger partial charge in [0.2, 0.25) is 0 Å². The molecule has 0 aromatic heterocycles. The normalized spacial score (nSPS) is 15.2. The van der Waals surface area contributed by atoms with Crippen LogP contribution in [0.1, 0.15) is 43.4 Å². The maximum Gasteiger partial charge on any atom is 0.416 e. The molecule has 0 radical (unpaired) electrons. The zero-order valence-corrected chi connectivity index (χ0v) is 18.5. The van der Waals surface area contributed by atoms with Crippen molar-refractivity contribution in [2.24, 2.45) is 0 Å². The maximum absolute atomic E-state index is 13.8. The molecule has 3 aromatic rings. The van der Waals surface area contributed by atoms with Crippen LogP contribution in [-0.4, -0.2) is 11.8 Å². The lowest BCUT2D eigenvalue weighted by Crippen LogP contribution is -2.21. The SMILES string of the molecule is O=C(Nc1cc(Br)cc2c1[C@@H](c1ccc(F)cc1Cl)NC2=O)c1cc(F)cc(C(F)(F)F)c1. The molecular weight excluding hydrogens is 535 g/mol. The van der Waals surface area contributed by atoms with Crippen LogP contribution in [0.2, 0.25) is 5.02 Å². The van der Waals surface area contributed by atoms with Crippen LogP contribution in [0, 0.1) is 11.6 Å². The second-order valence-electron chi connectivity index (χ2n) is 7.17. The minimum Gasteiger partial charge on any atom is -0.341 e. The number of carbonyl (C=O) groups is 2. The number of hydrogen-bond acceptors (Lipinski definition) is 2. The van der Waals surface area contributed by atoms with E-state index in [1.807, 2.05) is 0 Å². The topological polar surface area (TPSA) is 58.2 Å². The van der Waals surface area contributed by atoms with Crippen LogP contribution >= 0.6 is 27.5 Å². The molecule has 4 rings (SSSR count). The van der Waals surface area contributed by atoms with Crippen molar-refractivity contribution >= 4 is 45.0 Å². The molecule has 0 saturated heterocycles. The summed E-state index contributed by atoms with van der Waals surface area (Å²) >= 11 is 9.37. The first-order chi connectivity index (χ1) is 15.4. The van der Waals surface area contributed by atoms with E-state index in [9.17, 15) is 31.5 Å². The Labute approximate surface area is 196 Å². The van der Waals surface area contributed by atoms with Crippen LogP contribution in [-0.2, 0) is 6.18 Å². The minimum absolute atomic E-state index is 0.0216. The van der Waals surface area contributed by atoms with Gasteiger partial charge in [-0.2, -0.15) is 13.2 Å². The third-order valence-corrected chi connectivity index (χ3v) is 5.75. The molecular formula is C22H11BrClF5N2O2. The summed E-state index contributed by atoms with van der Waals surface area (Å²) in [6, 6.07) is 7.10. The smallest absolute Gasteiger partial charge is 0.341 e. The second-order valence-corrected chi connectivity index (χ2v) is 8.49. The van der Waals surface area contributed by atoms with E-state index in [-0.39, 0.29) is 27.9 Å². The highest BCUT2D eigenvalue weighted by molar-refractivity contribution is 9.10. The number of carbonyl (C=O) groups excluding carboxylic acids is 2. The Morgan fingerprint density at radius 2 is 1.76 bits per heavy atom. The van der Waals surface area contributed by atoms with Crippen molar-refractivity contribution in [3.8, 4) is 0 Å². The van der Waals surface area contributed by atoms with E-state index in [4.69, 9.17) is 11.6 Å². The van der Waals surface area contributed by atoms with Gasteiger partial charge in [-0.05, 0) is 48.0 Å². The van der Waals surface area contributed by atoms with Crippen molar-refractivity contribution in [1.29, 1.82) is 0 Å². The van der Waals surface area contributed by atoms with Gasteiger partial charge in [-0.25, -0.2) is 8.78 Å². The number of amides is 2. The summed E-state index contributed by atoms with van der Waals surface area (Å²) in [7, 11) is 0. The van der Waals surface area contributed by atoms with Crippen LogP contribution in [0.25, 0.3) is 0 Å². The molecule has 11 heteroatoms. The van der Waals surface area contributed by atoms with Crippen molar-refractivity contribution < 1.29 is 31.5 Å². The zero-order valence-electron chi connectivity index (χ0n) is 16.2. The van der Waals surface area contributed by atoms with Crippen LogP contribution in [0.3, 0.4) is 0 Å². The Balaban J connectivity index is 1.78. The summed E-state index contributed by atoms with van der Waals surface area (Å²) in [5.41, 5.74) is -1.03. The lowest BCUT2D eigenvalue weighted by atomic mass is 9.96. The first-order valence-electron chi connectivity index (χ1n) is 9.22. The van der Waals surface area contributed by atoms with Crippen LogP contribution in [0.5, 0.6) is 0 Å². The Hall–Kier alpha value is -2.98. The fraction of sp³-hybridized carbons (Fsp3) is 0.0909.